The van der Waals surface area contributed by atoms with E-state index in [1.54, 1.807) is 31.4 Å². The van der Waals surface area contributed by atoms with Crippen LogP contribution < -0.4 is 20.3 Å². The number of carbonyl (C=O) groups is 1. The Kier molecular flexibility index (Phi) is 6.40. The number of amides is 1. The van der Waals surface area contributed by atoms with E-state index in [1.807, 2.05) is 45.9 Å². The molecule has 1 unspecified atom stereocenters. The number of ether oxygens (including phenoxy) is 2. The van der Waals surface area contributed by atoms with Crippen LogP contribution in [0.2, 0.25) is 0 Å². The number of benzene rings is 2. The van der Waals surface area contributed by atoms with E-state index in [0.717, 1.165) is 5.56 Å². The third-order valence-electron chi connectivity index (χ3n) is 4.87. The molecule has 1 heterocycles. The van der Waals surface area contributed by atoms with Gasteiger partial charge in [-0.15, -0.1) is 0 Å². The first-order chi connectivity index (χ1) is 14.4. The molecule has 2 aromatic carbocycles. The predicted octanol–water partition coefficient (Wildman–Crippen LogP) is 3.88. The quantitative estimate of drug-likeness (QED) is 0.640. The number of rotatable bonds is 7. The van der Waals surface area contributed by atoms with Gasteiger partial charge in [0.1, 0.15) is 0 Å². The van der Waals surface area contributed by atoms with Crippen molar-refractivity contribution in [3.63, 3.8) is 0 Å². The molecule has 7 heteroatoms. The fourth-order valence-electron chi connectivity index (χ4n) is 3.30. The first-order valence-electron chi connectivity index (χ1n) is 10.0. The van der Waals surface area contributed by atoms with Gasteiger partial charge in [-0.05, 0) is 51.5 Å². The first kappa shape index (κ1) is 21.4. The molecule has 0 bridgehead atoms. The first-order valence-corrected chi connectivity index (χ1v) is 10.0. The van der Waals surface area contributed by atoms with E-state index < -0.39 is 0 Å². The maximum absolute atomic E-state index is 13.1. The molecule has 0 aliphatic carbocycles. The van der Waals surface area contributed by atoms with Gasteiger partial charge in [0.25, 0.3) is 11.5 Å². The van der Waals surface area contributed by atoms with E-state index in [2.05, 4.69) is 10.4 Å². The summed E-state index contributed by atoms with van der Waals surface area (Å²) in [6, 6.07) is 12.1. The molecule has 0 saturated carbocycles. The Morgan fingerprint density at radius 1 is 1.10 bits per heavy atom. The molecule has 1 aromatic heterocycles. The number of nitrogens with one attached hydrogen (secondary N) is 1. The minimum absolute atomic E-state index is 0.165. The molecule has 3 aromatic rings. The van der Waals surface area contributed by atoms with Crippen molar-refractivity contribution in [3.05, 3.63) is 64.1 Å². The molecule has 30 heavy (non-hydrogen) atoms. The standard InChI is InChI=1S/C23H27N3O4/c1-6-30-19-12-11-16(13-20(19)29-5)15(4)24-22(27)21-17-9-7-8-10-18(17)23(28)26(25-21)14(2)3/h7-15H,6H2,1-5H3,(H,24,27). The van der Waals surface area contributed by atoms with Crippen LogP contribution in [0.4, 0.5) is 0 Å². The summed E-state index contributed by atoms with van der Waals surface area (Å²) in [6.45, 7) is 8.05. The van der Waals surface area contributed by atoms with Crippen LogP contribution in [0.5, 0.6) is 11.5 Å². The van der Waals surface area contributed by atoms with Gasteiger partial charge >= 0.3 is 0 Å². The summed E-state index contributed by atoms with van der Waals surface area (Å²) in [5.41, 5.74) is 0.884. The number of aromatic nitrogens is 2. The Labute approximate surface area is 175 Å². The van der Waals surface area contributed by atoms with Gasteiger partial charge < -0.3 is 14.8 Å². The number of fused-ring (bicyclic) bond motifs is 1. The smallest absolute Gasteiger partial charge is 0.274 e. The minimum Gasteiger partial charge on any atom is -0.493 e. The van der Waals surface area contributed by atoms with Crippen molar-refractivity contribution in [2.24, 2.45) is 0 Å². The molecule has 1 atom stereocenters. The number of carbonyl (C=O) groups excluding carboxylic acids is 1. The van der Waals surface area contributed by atoms with Crippen LogP contribution in [0.15, 0.2) is 47.3 Å². The molecule has 0 fully saturated rings. The summed E-state index contributed by atoms with van der Waals surface area (Å²) in [5, 5.41) is 8.36. The molecule has 7 nitrogen and oxygen atoms in total. The summed E-state index contributed by atoms with van der Waals surface area (Å²) in [4.78, 5) is 25.8. The van der Waals surface area contributed by atoms with Crippen LogP contribution in [0.25, 0.3) is 10.8 Å². The Morgan fingerprint density at radius 2 is 1.80 bits per heavy atom. The fourth-order valence-corrected chi connectivity index (χ4v) is 3.30. The van der Waals surface area contributed by atoms with Crippen LogP contribution in [0.3, 0.4) is 0 Å². The number of nitrogens with zero attached hydrogens (tertiary/aromatic N) is 2. The molecule has 0 radical (unpaired) electrons. The average molecular weight is 409 g/mol. The number of hydrogen-bond acceptors (Lipinski definition) is 5. The second kappa shape index (κ2) is 8.98. The summed E-state index contributed by atoms with van der Waals surface area (Å²) in [6.07, 6.45) is 0. The summed E-state index contributed by atoms with van der Waals surface area (Å²) < 4.78 is 12.3. The molecule has 3 rings (SSSR count). The van der Waals surface area contributed by atoms with Gasteiger partial charge in [-0.3, -0.25) is 9.59 Å². The second-order valence-corrected chi connectivity index (χ2v) is 7.28. The second-order valence-electron chi connectivity index (χ2n) is 7.28. The highest BCUT2D eigenvalue weighted by atomic mass is 16.5. The van der Waals surface area contributed by atoms with Gasteiger partial charge in [-0.25, -0.2) is 4.68 Å². The molecule has 1 N–H and O–H groups in total. The Balaban J connectivity index is 1.95. The molecule has 1 amide bonds. The zero-order valence-corrected chi connectivity index (χ0v) is 17.9. The topological polar surface area (TPSA) is 82.5 Å². The van der Waals surface area contributed by atoms with Crippen LogP contribution in [0.1, 0.15) is 55.8 Å². The van der Waals surface area contributed by atoms with Crippen LogP contribution in [-0.2, 0) is 0 Å². The summed E-state index contributed by atoms with van der Waals surface area (Å²) in [7, 11) is 1.58. The van der Waals surface area contributed by atoms with E-state index in [0.29, 0.717) is 28.9 Å². The highest BCUT2D eigenvalue weighted by Gasteiger charge is 2.20. The molecular formula is C23H27N3O4. The van der Waals surface area contributed by atoms with E-state index in [-0.39, 0.29) is 29.2 Å². The average Bonchev–Trinajstić information content (AvgIpc) is 2.74. The molecule has 0 saturated heterocycles. The maximum Gasteiger partial charge on any atom is 0.274 e. The largest absolute Gasteiger partial charge is 0.493 e. The zero-order valence-electron chi connectivity index (χ0n) is 17.9. The van der Waals surface area contributed by atoms with Crippen LogP contribution >= 0.6 is 0 Å². The lowest BCUT2D eigenvalue weighted by molar-refractivity contribution is 0.0934. The lowest BCUT2D eigenvalue weighted by Gasteiger charge is -2.18. The van der Waals surface area contributed by atoms with Crippen LogP contribution in [0, 0.1) is 0 Å². The SMILES string of the molecule is CCOc1ccc(C(C)NC(=O)c2nn(C(C)C)c(=O)c3ccccc23)cc1OC. The van der Waals surface area contributed by atoms with E-state index in [1.165, 1.54) is 4.68 Å². The fraction of sp³-hybridized carbons (Fsp3) is 0.348. The van der Waals surface area contributed by atoms with Gasteiger partial charge in [0.05, 0.1) is 31.2 Å². The van der Waals surface area contributed by atoms with Crippen molar-refractivity contribution in [3.8, 4) is 11.5 Å². The van der Waals surface area contributed by atoms with E-state index in [4.69, 9.17) is 9.47 Å². The van der Waals surface area contributed by atoms with Crippen molar-refractivity contribution in [2.45, 2.75) is 39.8 Å². The molecule has 158 valence electrons. The molecule has 0 spiro atoms. The number of hydrogen-bond donors (Lipinski definition) is 1. The van der Waals surface area contributed by atoms with Crippen molar-refractivity contribution in [1.82, 2.24) is 15.1 Å². The van der Waals surface area contributed by atoms with Gasteiger partial charge in [-0.2, -0.15) is 5.10 Å². The number of methoxy groups -OCH3 is 1. The highest BCUT2D eigenvalue weighted by molar-refractivity contribution is 6.04. The van der Waals surface area contributed by atoms with Gasteiger partial charge in [0, 0.05) is 5.39 Å². The minimum atomic E-state index is -0.346. The van der Waals surface area contributed by atoms with Crippen molar-refractivity contribution >= 4 is 16.7 Å². The summed E-state index contributed by atoms with van der Waals surface area (Å²) in [5.74, 6) is 0.910. The molecule has 0 aliphatic heterocycles. The normalized spacial score (nSPS) is 12.1. The lowest BCUT2D eigenvalue weighted by atomic mass is 10.1. The molecular weight excluding hydrogens is 382 g/mol. The van der Waals surface area contributed by atoms with E-state index in [9.17, 15) is 9.59 Å². The highest BCUT2D eigenvalue weighted by Crippen LogP contribution is 2.30. The predicted molar refractivity (Wildman–Crippen MR) is 116 cm³/mol. The molecule has 0 aliphatic rings. The lowest BCUT2D eigenvalue weighted by Crippen LogP contribution is -2.32. The summed E-state index contributed by atoms with van der Waals surface area (Å²) >= 11 is 0. The van der Waals surface area contributed by atoms with Crippen molar-refractivity contribution in [2.75, 3.05) is 13.7 Å². The third kappa shape index (κ3) is 4.15. The Hall–Kier alpha value is -3.35. The third-order valence-corrected chi connectivity index (χ3v) is 4.87. The van der Waals surface area contributed by atoms with Gasteiger partial charge in [0.2, 0.25) is 0 Å². The maximum atomic E-state index is 13.1. The Morgan fingerprint density at radius 3 is 2.43 bits per heavy atom. The van der Waals surface area contributed by atoms with E-state index >= 15 is 0 Å². The van der Waals surface area contributed by atoms with Gasteiger partial charge in [-0.1, -0.05) is 24.3 Å². The van der Waals surface area contributed by atoms with Crippen molar-refractivity contribution in [1.29, 1.82) is 0 Å². The van der Waals surface area contributed by atoms with Crippen molar-refractivity contribution < 1.29 is 14.3 Å². The monoisotopic (exact) mass is 409 g/mol. The van der Waals surface area contributed by atoms with Crippen LogP contribution in [-0.4, -0.2) is 29.4 Å². The Bertz CT molecular complexity index is 1120. The zero-order chi connectivity index (χ0) is 21.8. The van der Waals surface area contributed by atoms with Gasteiger partial charge in [0.15, 0.2) is 17.2 Å².